The number of sulfonamides is 1. The third-order valence-corrected chi connectivity index (χ3v) is 3.94. The van der Waals surface area contributed by atoms with Gasteiger partial charge in [0.2, 0.25) is 10.0 Å². The van der Waals surface area contributed by atoms with Gasteiger partial charge < -0.3 is 5.11 Å². The van der Waals surface area contributed by atoms with Gasteiger partial charge in [0.05, 0.1) is 5.75 Å². The molecule has 0 rings (SSSR count). The van der Waals surface area contributed by atoms with E-state index in [9.17, 15) is 13.2 Å². The van der Waals surface area contributed by atoms with E-state index in [0.29, 0.717) is 18.6 Å². The molecular formula is C8H17NO4S2. The van der Waals surface area contributed by atoms with Gasteiger partial charge in [0.15, 0.2) is 0 Å². The highest BCUT2D eigenvalue weighted by Crippen LogP contribution is 2.03. The molecule has 90 valence electrons. The van der Waals surface area contributed by atoms with E-state index >= 15 is 0 Å². The van der Waals surface area contributed by atoms with Crippen molar-refractivity contribution in [2.24, 2.45) is 0 Å². The molecule has 0 spiro atoms. The number of aliphatic carboxylic acids is 1. The molecule has 5 nitrogen and oxygen atoms in total. The summed E-state index contributed by atoms with van der Waals surface area (Å²) >= 11 is 1.49. The summed E-state index contributed by atoms with van der Waals surface area (Å²) in [6.07, 6.45) is 2.63. The minimum Gasteiger partial charge on any atom is -0.480 e. The van der Waals surface area contributed by atoms with Crippen LogP contribution in [0.3, 0.4) is 0 Å². The number of carboxylic acids is 1. The molecular weight excluding hydrogens is 238 g/mol. The zero-order valence-corrected chi connectivity index (χ0v) is 10.5. The van der Waals surface area contributed by atoms with E-state index in [1.807, 2.05) is 6.26 Å². The highest BCUT2D eigenvalue weighted by Gasteiger charge is 2.22. The van der Waals surface area contributed by atoms with Crippen LogP contribution in [0.1, 0.15) is 19.8 Å². The molecule has 0 amide bonds. The van der Waals surface area contributed by atoms with E-state index in [1.165, 1.54) is 11.8 Å². The highest BCUT2D eigenvalue weighted by molar-refractivity contribution is 7.98. The van der Waals surface area contributed by atoms with E-state index in [4.69, 9.17) is 5.11 Å². The van der Waals surface area contributed by atoms with Gasteiger partial charge in [-0.05, 0) is 24.9 Å². The Morgan fingerprint density at radius 2 is 2.13 bits per heavy atom. The molecule has 0 bridgehead atoms. The monoisotopic (exact) mass is 255 g/mol. The second-order valence-corrected chi connectivity index (χ2v) is 5.97. The number of carboxylic acid groups (broad SMARTS) is 1. The molecule has 0 aromatic heterocycles. The molecule has 0 aliphatic heterocycles. The zero-order valence-electron chi connectivity index (χ0n) is 8.89. The van der Waals surface area contributed by atoms with E-state index < -0.39 is 22.0 Å². The fourth-order valence-electron chi connectivity index (χ4n) is 1.01. The summed E-state index contributed by atoms with van der Waals surface area (Å²) in [5, 5.41) is 8.80. The molecule has 0 saturated carbocycles. The molecule has 0 saturated heterocycles. The lowest BCUT2D eigenvalue weighted by atomic mass is 10.2. The number of rotatable bonds is 8. The van der Waals surface area contributed by atoms with Crippen LogP contribution in [0.25, 0.3) is 0 Å². The van der Waals surface area contributed by atoms with Gasteiger partial charge in [-0.15, -0.1) is 0 Å². The van der Waals surface area contributed by atoms with Crippen molar-refractivity contribution in [2.45, 2.75) is 25.8 Å². The van der Waals surface area contributed by atoms with Crippen LogP contribution in [-0.2, 0) is 14.8 Å². The van der Waals surface area contributed by atoms with E-state index in [0.717, 1.165) is 0 Å². The Morgan fingerprint density at radius 1 is 1.53 bits per heavy atom. The minimum absolute atomic E-state index is 0.0317. The number of hydrogen-bond donors (Lipinski definition) is 2. The molecule has 2 N–H and O–H groups in total. The highest BCUT2D eigenvalue weighted by atomic mass is 32.2. The predicted molar refractivity (Wildman–Crippen MR) is 61.6 cm³/mol. The van der Waals surface area contributed by atoms with E-state index in [1.54, 1.807) is 6.92 Å². The molecule has 0 fully saturated rings. The van der Waals surface area contributed by atoms with Crippen LogP contribution in [0.2, 0.25) is 0 Å². The maximum atomic E-state index is 11.3. The van der Waals surface area contributed by atoms with Gasteiger partial charge in [-0.25, -0.2) is 13.1 Å². The first kappa shape index (κ1) is 14.7. The normalized spacial score (nSPS) is 13.7. The van der Waals surface area contributed by atoms with Crippen molar-refractivity contribution in [3.63, 3.8) is 0 Å². The van der Waals surface area contributed by atoms with Crippen LogP contribution in [0.4, 0.5) is 0 Å². The molecule has 1 atom stereocenters. The summed E-state index contributed by atoms with van der Waals surface area (Å²) in [4.78, 5) is 10.8. The summed E-state index contributed by atoms with van der Waals surface area (Å²) in [5.74, 6) is -0.537. The Kier molecular flexibility index (Phi) is 6.95. The van der Waals surface area contributed by atoms with Crippen molar-refractivity contribution in [1.82, 2.24) is 4.72 Å². The van der Waals surface area contributed by atoms with Crippen molar-refractivity contribution in [3.05, 3.63) is 0 Å². The molecule has 0 unspecified atom stereocenters. The number of nitrogens with one attached hydrogen (secondary N) is 1. The fraction of sp³-hybridized carbons (Fsp3) is 0.875. The first-order chi connectivity index (χ1) is 6.93. The van der Waals surface area contributed by atoms with Crippen molar-refractivity contribution in [3.8, 4) is 0 Å². The van der Waals surface area contributed by atoms with Gasteiger partial charge in [0, 0.05) is 0 Å². The van der Waals surface area contributed by atoms with Crippen LogP contribution in [-0.4, -0.2) is 43.3 Å². The van der Waals surface area contributed by atoms with E-state index in [2.05, 4.69) is 4.72 Å². The topological polar surface area (TPSA) is 83.5 Å². The standard InChI is InChI=1S/C8H17NO4S2/c1-3-6-15(12,13)9-7(8(10)11)4-5-14-2/h7,9H,3-6H2,1-2H3,(H,10,11)/t7-/m1/s1. The Bertz CT molecular complexity index is 289. The second-order valence-electron chi connectivity index (χ2n) is 3.11. The van der Waals surface area contributed by atoms with Gasteiger partial charge >= 0.3 is 5.97 Å². The molecule has 0 aromatic rings. The quantitative estimate of drug-likeness (QED) is 0.660. The summed E-state index contributed by atoms with van der Waals surface area (Å²) in [6, 6.07) is -1.01. The lowest BCUT2D eigenvalue weighted by Crippen LogP contribution is -2.42. The largest absolute Gasteiger partial charge is 0.480 e. The van der Waals surface area contributed by atoms with Crippen LogP contribution in [0, 0.1) is 0 Å². The minimum atomic E-state index is -3.45. The van der Waals surface area contributed by atoms with Crippen LogP contribution in [0.15, 0.2) is 0 Å². The van der Waals surface area contributed by atoms with Gasteiger partial charge in [-0.3, -0.25) is 4.79 Å². The molecule has 0 aliphatic carbocycles. The third kappa shape index (κ3) is 6.75. The summed E-state index contributed by atoms with van der Waals surface area (Å²) in [5.41, 5.74) is 0. The average molecular weight is 255 g/mol. The number of thioether (sulfide) groups is 1. The van der Waals surface area contributed by atoms with Crippen LogP contribution >= 0.6 is 11.8 Å². The lowest BCUT2D eigenvalue weighted by molar-refractivity contribution is -0.139. The maximum Gasteiger partial charge on any atom is 0.321 e. The maximum absolute atomic E-state index is 11.3. The Labute approximate surface area is 94.7 Å². The van der Waals surface area contributed by atoms with Gasteiger partial charge in [-0.2, -0.15) is 11.8 Å². The molecule has 7 heteroatoms. The van der Waals surface area contributed by atoms with Gasteiger partial charge in [-0.1, -0.05) is 6.92 Å². The van der Waals surface area contributed by atoms with Crippen LogP contribution in [0.5, 0.6) is 0 Å². The van der Waals surface area contributed by atoms with Crippen molar-refractivity contribution in [2.75, 3.05) is 17.8 Å². The average Bonchev–Trinajstić information content (AvgIpc) is 2.11. The first-order valence-electron chi connectivity index (χ1n) is 4.64. The first-order valence-corrected chi connectivity index (χ1v) is 7.69. The number of carbonyl (C=O) groups is 1. The fourth-order valence-corrected chi connectivity index (χ4v) is 2.79. The van der Waals surface area contributed by atoms with Crippen molar-refractivity contribution >= 4 is 27.8 Å². The summed E-state index contributed by atoms with van der Waals surface area (Å²) < 4.78 is 24.8. The predicted octanol–water partition coefficient (Wildman–Crippen LogP) is 0.522. The molecule has 0 aliphatic rings. The van der Waals surface area contributed by atoms with E-state index in [-0.39, 0.29) is 5.75 Å². The van der Waals surface area contributed by atoms with Gasteiger partial charge in [0.1, 0.15) is 6.04 Å². The summed E-state index contributed by atoms with van der Waals surface area (Å²) in [7, 11) is -3.45. The Morgan fingerprint density at radius 3 is 2.53 bits per heavy atom. The molecule has 0 heterocycles. The molecule has 0 aromatic carbocycles. The van der Waals surface area contributed by atoms with Crippen molar-refractivity contribution in [1.29, 1.82) is 0 Å². The molecule has 0 radical (unpaired) electrons. The van der Waals surface area contributed by atoms with Crippen LogP contribution < -0.4 is 4.72 Å². The smallest absolute Gasteiger partial charge is 0.321 e. The summed E-state index contributed by atoms with van der Waals surface area (Å²) in [6.45, 7) is 1.73. The zero-order chi connectivity index (χ0) is 11.9. The molecule has 15 heavy (non-hydrogen) atoms. The SMILES string of the molecule is CCCS(=O)(=O)N[C@H](CCSC)C(=O)O. The third-order valence-electron chi connectivity index (χ3n) is 1.70. The Balaban J connectivity index is 4.34. The second kappa shape index (κ2) is 7.08. The Hall–Kier alpha value is -0.270. The number of hydrogen-bond acceptors (Lipinski definition) is 4. The lowest BCUT2D eigenvalue weighted by Gasteiger charge is -2.13. The van der Waals surface area contributed by atoms with Gasteiger partial charge in [0.25, 0.3) is 0 Å². The van der Waals surface area contributed by atoms with Crippen molar-refractivity contribution < 1.29 is 18.3 Å².